The summed E-state index contributed by atoms with van der Waals surface area (Å²) in [6.45, 7) is 1.88. The maximum Gasteiger partial charge on any atom is 0.341 e. The largest absolute Gasteiger partial charge is 0.497 e. The zero-order chi connectivity index (χ0) is 26.7. The molecule has 3 aromatic rings. The van der Waals surface area contributed by atoms with Crippen LogP contribution in [0.25, 0.3) is 10.2 Å². The van der Waals surface area contributed by atoms with Crippen LogP contribution in [0, 0.1) is 0 Å². The molecule has 37 heavy (non-hydrogen) atoms. The van der Waals surface area contributed by atoms with Gasteiger partial charge in [-0.2, -0.15) is 4.99 Å². The number of benzene rings is 1. The van der Waals surface area contributed by atoms with Gasteiger partial charge in [0.1, 0.15) is 22.3 Å². The average molecular weight is 566 g/mol. The molecule has 1 aliphatic rings. The highest BCUT2D eigenvalue weighted by Crippen LogP contribution is 2.38. The number of rotatable bonds is 8. The van der Waals surface area contributed by atoms with Crippen LogP contribution in [-0.4, -0.2) is 56.0 Å². The summed E-state index contributed by atoms with van der Waals surface area (Å²) in [4.78, 5) is 43.0. The molecule has 2 aromatic heterocycles. The molecule has 0 saturated heterocycles. The Labute approximate surface area is 221 Å². The third kappa shape index (κ3) is 6.11. The number of thiazole rings is 1. The first-order valence-electron chi connectivity index (χ1n) is 11.6. The van der Waals surface area contributed by atoms with Gasteiger partial charge in [-0.15, -0.1) is 11.3 Å². The first-order chi connectivity index (χ1) is 17.6. The smallest absolute Gasteiger partial charge is 0.341 e. The lowest BCUT2D eigenvalue weighted by atomic mass is 9.95. The number of hydrogen-bond acceptors (Lipinski definition) is 9. The highest BCUT2D eigenvalue weighted by molar-refractivity contribution is 7.92. The summed E-state index contributed by atoms with van der Waals surface area (Å²) < 4.78 is 38.2. The Morgan fingerprint density at radius 3 is 2.62 bits per heavy atom. The van der Waals surface area contributed by atoms with Crippen LogP contribution in [0.3, 0.4) is 0 Å². The number of thiophene rings is 1. The van der Waals surface area contributed by atoms with Crippen molar-refractivity contribution in [2.24, 2.45) is 12.0 Å². The Morgan fingerprint density at radius 2 is 1.89 bits per heavy atom. The van der Waals surface area contributed by atoms with Crippen LogP contribution in [0.5, 0.6) is 5.75 Å². The molecule has 0 atom stereocenters. The topological polar surface area (TPSA) is 133 Å². The summed E-state index contributed by atoms with van der Waals surface area (Å²) in [5.74, 6) is -3.41. The number of esters is 1. The van der Waals surface area contributed by atoms with E-state index in [0.29, 0.717) is 22.5 Å². The average Bonchev–Trinajstić information content (AvgIpc) is 3.34. The highest BCUT2D eigenvalue weighted by atomic mass is 32.2. The number of sulfone groups is 1. The van der Waals surface area contributed by atoms with E-state index in [-0.39, 0.29) is 11.6 Å². The first-order valence-corrected chi connectivity index (χ1v) is 15.1. The molecule has 10 nitrogen and oxygen atoms in total. The molecule has 1 N–H and O–H groups in total. The normalized spacial score (nSPS) is 13.9. The van der Waals surface area contributed by atoms with E-state index in [4.69, 9.17) is 9.47 Å². The van der Waals surface area contributed by atoms with Gasteiger partial charge in [-0.3, -0.25) is 9.59 Å². The second-order valence-corrected chi connectivity index (χ2v) is 12.7. The summed E-state index contributed by atoms with van der Waals surface area (Å²) in [6.07, 6.45) is 3.40. The van der Waals surface area contributed by atoms with Crippen molar-refractivity contribution >= 4 is 65.5 Å². The first kappa shape index (κ1) is 27.0. The molecule has 1 aliphatic carbocycles. The third-order valence-electron chi connectivity index (χ3n) is 5.84. The monoisotopic (exact) mass is 565 g/mol. The molecular weight excluding hydrogens is 538 g/mol. The lowest BCUT2D eigenvalue weighted by molar-refractivity contribution is -0.115. The number of fused-ring (bicyclic) bond motifs is 2. The van der Waals surface area contributed by atoms with Gasteiger partial charge in [0.15, 0.2) is 14.6 Å². The number of hydrogen-bond donors (Lipinski definition) is 1. The number of methoxy groups -OCH3 is 1. The second-order valence-electron chi connectivity index (χ2n) is 8.50. The van der Waals surface area contributed by atoms with E-state index in [9.17, 15) is 22.8 Å². The van der Waals surface area contributed by atoms with Gasteiger partial charge >= 0.3 is 5.97 Å². The maximum atomic E-state index is 12.7. The molecular formula is C24H27N3O7S3. The fraction of sp³-hybridized carbons (Fsp3) is 0.417. The van der Waals surface area contributed by atoms with Crippen LogP contribution >= 0.6 is 22.7 Å². The van der Waals surface area contributed by atoms with Crippen molar-refractivity contribution in [2.45, 2.75) is 32.6 Å². The number of aryl methyl sites for hydroxylation is 2. The Balaban J connectivity index is 1.48. The fourth-order valence-corrected chi connectivity index (χ4v) is 7.53. The molecule has 0 spiro atoms. The summed E-state index contributed by atoms with van der Waals surface area (Å²) in [6, 6.07) is 5.40. The minimum Gasteiger partial charge on any atom is -0.497 e. The number of carbonyl (C=O) groups is 3. The van der Waals surface area contributed by atoms with E-state index < -0.39 is 39.1 Å². The van der Waals surface area contributed by atoms with Crippen LogP contribution in [0.15, 0.2) is 23.2 Å². The van der Waals surface area contributed by atoms with Gasteiger partial charge in [-0.05, 0) is 56.4 Å². The van der Waals surface area contributed by atoms with Crippen molar-refractivity contribution in [3.05, 3.63) is 39.0 Å². The molecule has 2 heterocycles. The third-order valence-corrected chi connectivity index (χ3v) is 9.53. The number of amides is 2. The van der Waals surface area contributed by atoms with E-state index >= 15 is 0 Å². The summed E-state index contributed by atoms with van der Waals surface area (Å²) in [5.41, 5.74) is 1.97. The molecule has 198 valence electrons. The molecule has 2 amide bonds. The fourth-order valence-electron chi connectivity index (χ4n) is 4.16. The number of nitrogens with zero attached hydrogens (tertiary/aromatic N) is 2. The molecule has 0 fully saturated rings. The van der Waals surface area contributed by atoms with Crippen molar-refractivity contribution in [2.75, 3.05) is 30.5 Å². The van der Waals surface area contributed by atoms with Gasteiger partial charge in [0, 0.05) is 11.9 Å². The lowest BCUT2D eigenvalue weighted by Crippen LogP contribution is -2.28. The number of aromatic nitrogens is 1. The van der Waals surface area contributed by atoms with Crippen LogP contribution in [-0.2, 0) is 44.1 Å². The van der Waals surface area contributed by atoms with Gasteiger partial charge in [-0.25, -0.2) is 13.2 Å². The Bertz CT molecular complexity index is 1550. The SMILES string of the molecule is CCOC(=O)c1c(NC(=O)CS(=O)(=O)CC(=O)N=c2sc3cc(OC)ccc3n2C)sc2c1CCCC2. The zero-order valence-electron chi connectivity index (χ0n) is 20.7. The van der Waals surface area contributed by atoms with Crippen molar-refractivity contribution in [3.63, 3.8) is 0 Å². The molecule has 13 heteroatoms. The van der Waals surface area contributed by atoms with E-state index in [1.54, 1.807) is 37.8 Å². The maximum absolute atomic E-state index is 12.7. The number of nitrogens with one attached hydrogen (secondary N) is 1. The van der Waals surface area contributed by atoms with Gasteiger partial charge in [0.25, 0.3) is 5.91 Å². The Morgan fingerprint density at radius 1 is 1.14 bits per heavy atom. The molecule has 1 aromatic carbocycles. The van der Waals surface area contributed by atoms with Crippen molar-refractivity contribution < 1.29 is 32.3 Å². The molecule has 4 rings (SSSR count). The molecule has 0 unspecified atom stereocenters. The summed E-state index contributed by atoms with van der Waals surface area (Å²) >= 11 is 2.49. The van der Waals surface area contributed by atoms with Crippen molar-refractivity contribution in [1.82, 2.24) is 4.57 Å². The lowest BCUT2D eigenvalue weighted by Gasteiger charge is -2.12. The minimum absolute atomic E-state index is 0.182. The standard InChI is InChI=1S/C24H27N3O7S3/c1-4-34-23(30)21-15-7-5-6-8-17(15)35-22(21)25-19(28)12-37(31,32)13-20(29)26-24-27(2)16-10-9-14(33-3)11-18(16)36-24/h9-11H,4-8,12-13H2,1-3H3,(H,25,28). The van der Waals surface area contributed by atoms with Crippen LogP contribution in [0.2, 0.25) is 0 Å². The van der Waals surface area contributed by atoms with E-state index in [2.05, 4.69) is 10.3 Å². The van der Waals surface area contributed by atoms with Crippen LogP contribution < -0.4 is 14.9 Å². The summed E-state index contributed by atoms with van der Waals surface area (Å²) in [7, 11) is -0.837. The molecule has 0 saturated carbocycles. The summed E-state index contributed by atoms with van der Waals surface area (Å²) in [5, 5.41) is 2.85. The van der Waals surface area contributed by atoms with Crippen molar-refractivity contribution in [3.8, 4) is 5.75 Å². The van der Waals surface area contributed by atoms with Crippen LogP contribution in [0.4, 0.5) is 5.00 Å². The van der Waals surface area contributed by atoms with Crippen molar-refractivity contribution in [1.29, 1.82) is 0 Å². The van der Waals surface area contributed by atoms with E-state index in [0.717, 1.165) is 39.9 Å². The molecule has 0 radical (unpaired) electrons. The van der Waals surface area contributed by atoms with Gasteiger partial charge in [0.05, 0.1) is 29.5 Å². The minimum atomic E-state index is -4.11. The van der Waals surface area contributed by atoms with Crippen LogP contribution in [0.1, 0.15) is 40.6 Å². The number of anilines is 1. The number of carbonyl (C=O) groups excluding carboxylic acids is 3. The predicted octanol–water partition coefficient (Wildman–Crippen LogP) is 2.85. The van der Waals surface area contributed by atoms with Gasteiger partial charge < -0.3 is 19.4 Å². The quantitative estimate of drug-likeness (QED) is 0.415. The van der Waals surface area contributed by atoms with Gasteiger partial charge in [-0.1, -0.05) is 11.3 Å². The van der Waals surface area contributed by atoms with E-state index in [1.165, 1.54) is 22.7 Å². The molecule has 0 aliphatic heterocycles. The number of ether oxygens (including phenoxy) is 2. The Hall–Kier alpha value is -3.03. The Kier molecular flexibility index (Phi) is 8.14. The predicted molar refractivity (Wildman–Crippen MR) is 142 cm³/mol. The second kappa shape index (κ2) is 11.2. The van der Waals surface area contributed by atoms with Gasteiger partial charge in [0.2, 0.25) is 5.91 Å². The van der Waals surface area contributed by atoms with E-state index in [1.807, 2.05) is 6.07 Å². The zero-order valence-corrected chi connectivity index (χ0v) is 23.1. The highest BCUT2D eigenvalue weighted by Gasteiger charge is 2.28. The molecule has 0 bridgehead atoms.